The van der Waals surface area contributed by atoms with Crippen molar-refractivity contribution in [1.82, 2.24) is 0 Å². The molecule has 0 radical (unpaired) electrons. The van der Waals surface area contributed by atoms with Crippen LogP contribution in [0.15, 0.2) is 164 Å². The van der Waals surface area contributed by atoms with Crippen molar-refractivity contribution < 1.29 is 0 Å². The number of benzene rings is 7. The lowest BCUT2D eigenvalue weighted by atomic mass is 9.50. The summed E-state index contributed by atoms with van der Waals surface area (Å²) >= 11 is 0. The standard InChI is InChI=1S/C54H51N/c1-36-34-48-49(44-29-19-21-31-46(44)54(48,51(3,4)5)52(6,7)8)50(37(36)2)55(40-26-16-11-17-27-40)41-32-33-43-42-28-18-20-30-45(42)53(47(43)35-41,38-22-12-9-13-23-38)39-24-14-10-15-25-39/h9-35H,1-8H3. The minimum absolute atomic E-state index is 0.0620. The van der Waals surface area contributed by atoms with Crippen LogP contribution in [0.3, 0.4) is 0 Å². The van der Waals surface area contributed by atoms with Gasteiger partial charge in [-0.2, -0.15) is 0 Å². The van der Waals surface area contributed by atoms with Crippen molar-refractivity contribution in [3.05, 3.63) is 208 Å². The van der Waals surface area contributed by atoms with Gasteiger partial charge in [-0.05, 0) is 110 Å². The first-order chi connectivity index (χ1) is 26.4. The van der Waals surface area contributed by atoms with Crippen molar-refractivity contribution >= 4 is 17.1 Å². The van der Waals surface area contributed by atoms with E-state index >= 15 is 0 Å². The molecule has 0 saturated carbocycles. The molecule has 2 aliphatic rings. The molecule has 0 aromatic heterocycles. The third kappa shape index (κ3) is 4.78. The van der Waals surface area contributed by atoms with Gasteiger partial charge in [0.25, 0.3) is 0 Å². The van der Waals surface area contributed by atoms with Crippen molar-refractivity contribution in [2.45, 2.75) is 66.2 Å². The number of rotatable bonds is 5. The maximum absolute atomic E-state index is 2.57. The summed E-state index contributed by atoms with van der Waals surface area (Å²) in [5, 5.41) is 0. The number of anilines is 3. The highest BCUT2D eigenvalue weighted by molar-refractivity contribution is 5.98. The average Bonchev–Trinajstić information content (AvgIpc) is 3.66. The Balaban J connectivity index is 1.41. The normalized spacial score (nSPS) is 14.8. The lowest BCUT2D eigenvalue weighted by Gasteiger charge is -2.53. The second kappa shape index (κ2) is 12.4. The van der Waals surface area contributed by atoms with Crippen LogP contribution in [0.5, 0.6) is 0 Å². The molecule has 1 heteroatoms. The molecular weight excluding hydrogens is 663 g/mol. The lowest BCUT2D eigenvalue weighted by Crippen LogP contribution is -2.50. The number of aryl methyl sites for hydroxylation is 1. The van der Waals surface area contributed by atoms with Crippen molar-refractivity contribution in [2.24, 2.45) is 10.8 Å². The summed E-state index contributed by atoms with van der Waals surface area (Å²) in [4.78, 5) is 2.57. The van der Waals surface area contributed by atoms with E-state index in [9.17, 15) is 0 Å². The summed E-state index contributed by atoms with van der Waals surface area (Å²) in [6.07, 6.45) is 0. The van der Waals surface area contributed by atoms with E-state index in [1.165, 1.54) is 72.4 Å². The molecule has 2 aliphatic carbocycles. The molecular formula is C54H51N. The largest absolute Gasteiger partial charge is 0.310 e. The Morgan fingerprint density at radius 3 is 1.49 bits per heavy atom. The van der Waals surface area contributed by atoms with Crippen LogP contribution in [0.25, 0.3) is 22.3 Å². The number of hydrogen-bond acceptors (Lipinski definition) is 1. The maximum Gasteiger partial charge on any atom is 0.0714 e. The van der Waals surface area contributed by atoms with E-state index in [0.29, 0.717) is 0 Å². The van der Waals surface area contributed by atoms with Crippen molar-refractivity contribution in [3.8, 4) is 22.3 Å². The Hall–Kier alpha value is -5.66. The molecule has 0 bridgehead atoms. The van der Waals surface area contributed by atoms with E-state index in [4.69, 9.17) is 0 Å². The number of fused-ring (bicyclic) bond motifs is 6. The topological polar surface area (TPSA) is 3.24 Å². The second-order valence-corrected chi connectivity index (χ2v) is 17.8. The molecule has 272 valence electrons. The van der Waals surface area contributed by atoms with Gasteiger partial charge in [0, 0.05) is 22.4 Å². The van der Waals surface area contributed by atoms with Gasteiger partial charge >= 0.3 is 0 Å². The first-order valence-corrected chi connectivity index (χ1v) is 19.9. The third-order valence-corrected chi connectivity index (χ3v) is 13.0. The molecule has 0 heterocycles. The monoisotopic (exact) mass is 713 g/mol. The van der Waals surface area contributed by atoms with Crippen molar-refractivity contribution in [1.29, 1.82) is 0 Å². The van der Waals surface area contributed by atoms with Gasteiger partial charge in [0.15, 0.2) is 0 Å². The van der Waals surface area contributed by atoms with Gasteiger partial charge in [0.1, 0.15) is 0 Å². The molecule has 0 spiro atoms. The Labute approximate surface area is 328 Å². The molecule has 0 fully saturated rings. The highest BCUT2D eigenvalue weighted by atomic mass is 15.1. The van der Waals surface area contributed by atoms with Crippen LogP contribution in [0.4, 0.5) is 17.1 Å². The Morgan fingerprint density at radius 2 is 0.909 bits per heavy atom. The van der Waals surface area contributed by atoms with E-state index < -0.39 is 5.41 Å². The first kappa shape index (κ1) is 35.1. The molecule has 0 atom stereocenters. The predicted molar refractivity (Wildman–Crippen MR) is 233 cm³/mol. The van der Waals surface area contributed by atoms with Gasteiger partial charge < -0.3 is 4.90 Å². The van der Waals surface area contributed by atoms with E-state index in [1.54, 1.807) is 0 Å². The van der Waals surface area contributed by atoms with Crippen molar-refractivity contribution in [3.63, 3.8) is 0 Å². The van der Waals surface area contributed by atoms with Crippen molar-refractivity contribution in [2.75, 3.05) is 4.90 Å². The quantitative estimate of drug-likeness (QED) is 0.172. The summed E-state index contributed by atoms with van der Waals surface area (Å²) in [5.74, 6) is 0. The van der Waals surface area contributed by atoms with Gasteiger partial charge in [-0.15, -0.1) is 0 Å². The van der Waals surface area contributed by atoms with Gasteiger partial charge in [0.2, 0.25) is 0 Å². The zero-order chi connectivity index (χ0) is 38.3. The van der Waals surface area contributed by atoms with Gasteiger partial charge in [0.05, 0.1) is 11.1 Å². The smallest absolute Gasteiger partial charge is 0.0714 e. The fourth-order valence-electron chi connectivity index (χ4n) is 11.2. The molecule has 0 aliphatic heterocycles. The minimum Gasteiger partial charge on any atom is -0.310 e. The molecule has 7 aromatic carbocycles. The average molecular weight is 714 g/mol. The number of hydrogen-bond donors (Lipinski definition) is 0. The zero-order valence-electron chi connectivity index (χ0n) is 33.5. The minimum atomic E-state index is -0.489. The summed E-state index contributed by atoms with van der Waals surface area (Å²) in [7, 11) is 0. The first-order valence-electron chi connectivity index (χ1n) is 19.9. The van der Waals surface area contributed by atoms with Crippen LogP contribution in [-0.4, -0.2) is 0 Å². The van der Waals surface area contributed by atoms with Crippen LogP contribution in [-0.2, 0) is 10.8 Å². The molecule has 0 saturated heterocycles. The highest BCUT2D eigenvalue weighted by Gasteiger charge is 2.58. The SMILES string of the molecule is Cc1cc2c(c(N(c3ccccc3)c3ccc4c(c3)C(c3ccccc3)(c3ccccc3)c3ccccc3-4)c1C)-c1ccccc1C2(C(C)(C)C)C(C)(C)C. The second-order valence-electron chi connectivity index (χ2n) is 17.8. The van der Waals surface area contributed by atoms with E-state index in [-0.39, 0.29) is 16.2 Å². The van der Waals surface area contributed by atoms with Crippen LogP contribution < -0.4 is 4.90 Å². The number of para-hydroxylation sites is 1. The van der Waals surface area contributed by atoms with Crippen LogP contribution in [0.1, 0.15) is 86.1 Å². The third-order valence-electron chi connectivity index (χ3n) is 13.0. The van der Waals surface area contributed by atoms with Crippen LogP contribution in [0, 0.1) is 24.7 Å². The maximum atomic E-state index is 2.57. The molecule has 9 rings (SSSR count). The lowest BCUT2D eigenvalue weighted by molar-refractivity contribution is 0.0950. The molecule has 7 aromatic rings. The number of nitrogens with zero attached hydrogens (tertiary/aromatic N) is 1. The fourth-order valence-corrected chi connectivity index (χ4v) is 11.2. The van der Waals surface area contributed by atoms with E-state index in [1.807, 2.05) is 0 Å². The molecule has 0 unspecified atom stereocenters. The van der Waals surface area contributed by atoms with E-state index in [2.05, 4.69) is 224 Å². The van der Waals surface area contributed by atoms with Gasteiger partial charge in [-0.25, -0.2) is 0 Å². The Morgan fingerprint density at radius 1 is 0.418 bits per heavy atom. The fraction of sp³-hybridized carbons (Fsp3) is 0.222. The van der Waals surface area contributed by atoms with Crippen LogP contribution >= 0.6 is 0 Å². The molecule has 55 heavy (non-hydrogen) atoms. The summed E-state index contributed by atoms with van der Waals surface area (Å²) < 4.78 is 0. The van der Waals surface area contributed by atoms with Gasteiger partial charge in [-0.3, -0.25) is 0 Å². The van der Waals surface area contributed by atoms with E-state index in [0.717, 1.165) is 11.4 Å². The predicted octanol–water partition coefficient (Wildman–Crippen LogP) is 14.5. The van der Waals surface area contributed by atoms with Gasteiger partial charge in [-0.1, -0.05) is 181 Å². The molecule has 1 nitrogen and oxygen atoms in total. The van der Waals surface area contributed by atoms with Crippen LogP contribution in [0.2, 0.25) is 0 Å². The Kier molecular flexibility index (Phi) is 7.93. The molecule has 0 N–H and O–H groups in total. The highest BCUT2D eigenvalue weighted by Crippen LogP contribution is 2.67. The molecule has 0 amide bonds. The Bertz CT molecular complexity index is 2510. The zero-order valence-corrected chi connectivity index (χ0v) is 33.5. The summed E-state index contributed by atoms with van der Waals surface area (Å²) in [5.41, 5.74) is 18.7. The summed E-state index contributed by atoms with van der Waals surface area (Å²) in [6, 6.07) is 61.4. The summed E-state index contributed by atoms with van der Waals surface area (Å²) in [6.45, 7) is 19.3.